The minimum Gasteiger partial charge on any atom is -0.486 e. The number of amides is 1. The van der Waals surface area contributed by atoms with Crippen LogP contribution in [-0.2, 0) is 11.3 Å². The van der Waals surface area contributed by atoms with Crippen molar-refractivity contribution in [2.75, 3.05) is 19.8 Å². The molecular formula is C18H22N4O3. The molecule has 3 heterocycles. The third-order valence-corrected chi connectivity index (χ3v) is 4.77. The molecule has 0 N–H and O–H groups in total. The van der Waals surface area contributed by atoms with Gasteiger partial charge in [0.05, 0.1) is 6.04 Å². The van der Waals surface area contributed by atoms with E-state index in [1.54, 1.807) is 11.0 Å². The number of ether oxygens (including phenoxy) is 2. The van der Waals surface area contributed by atoms with Gasteiger partial charge in [-0.25, -0.2) is 4.98 Å². The lowest BCUT2D eigenvalue weighted by atomic mass is 10.0. The Bertz CT molecular complexity index is 732. The number of rotatable bonds is 5. The Balaban J connectivity index is 1.40. The molecule has 7 heteroatoms. The average Bonchev–Trinajstić information content (AvgIpc) is 3.33. The Kier molecular flexibility index (Phi) is 4.54. The Hall–Kier alpha value is -2.57. The van der Waals surface area contributed by atoms with Gasteiger partial charge in [0.1, 0.15) is 25.9 Å². The molecule has 1 aromatic heterocycles. The molecule has 1 atom stereocenters. The SMILES string of the molecule is O=C(CCCn1cncn1)N1CCC[C@H]1c1ccc2c(c1)OCCO2. The van der Waals surface area contributed by atoms with Gasteiger partial charge in [-0.15, -0.1) is 0 Å². The maximum absolute atomic E-state index is 12.7. The maximum Gasteiger partial charge on any atom is 0.223 e. The lowest BCUT2D eigenvalue weighted by Crippen LogP contribution is -2.30. The highest BCUT2D eigenvalue weighted by Gasteiger charge is 2.30. The average molecular weight is 342 g/mol. The number of fused-ring (bicyclic) bond motifs is 1. The van der Waals surface area contributed by atoms with Crippen LogP contribution < -0.4 is 9.47 Å². The first-order chi connectivity index (χ1) is 12.3. The predicted molar refractivity (Wildman–Crippen MR) is 90.4 cm³/mol. The third-order valence-electron chi connectivity index (χ3n) is 4.77. The fourth-order valence-corrected chi connectivity index (χ4v) is 3.56. The molecule has 7 nitrogen and oxygen atoms in total. The van der Waals surface area contributed by atoms with Gasteiger partial charge in [-0.2, -0.15) is 5.10 Å². The van der Waals surface area contributed by atoms with Crippen molar-refractivity contribution in [2.45, 2.75) is 38.3 Å². The van der Waals surface area contributed by atoms with E-state index in [4.69, 9.17) is 9.47 Å². The van der Waals surface area contributed by atoms with Gasteiger partial charge in [-0.05, 0) is 37.0 Å². The van der Waals surface area contributed by atoms with E-state index >= 15 is 0 Å². The lowest BCUT2D eigenvalue weighted by Gasteiger charge is -2.27. The van der Waals surface area contributed by atoms with Crippen molar-refractivity contribution >= 4 is 5.91 Å². The van der Waals surface area contributed by atoms with Gasteiger partial charge in [-0.1, -0.05) is 6.07 Å². The molecular weight excluding hydrogens is 320 g/mol. The van der Waals surface area contributed by atoms with E-state index in [2.05, 4.69) is 16.1 Å². The minimum atomic E-state index is 0.134. The quantitative estimate of drug-likeness (QED) is 0.833. The molecule has 0 radical (unpaired) electrons. The summed E-state index contributed by atoms with van der Waals surface area (Å²) in [6.45, 7) is 2.70. The zero-order valence-electron chi connectivity index (χ0n) is 14.1. The zero-order valence-corrected chi connectivity index (χ0v) is 14.1. The summed E-state index contributed by atoms with van der Waals surface area (Å²) < 4.78 is 13.0. The summed E-state index contributed by atoms with van der Waals surface area (Å²) in [6, 6.07) is 6.17. The van der Waals surface area contributed by atoms with E-state index in [0.717, 1.165) is 42.9 Å². The van der Waals surface area contributed by atoms with Crippen molar-refractivity contribution < 1.29 is 14.3 Å². The number of hydrogen-bond donors (Lipinski definition) is 0. The van der Waals surface area contributed by atoms with Crippen molar-refractivity contribution in [1.29, 1.82) is 0 Å². The van der Waals surface area contributed by atoms with E-state index in [1.165, 1.54) is 6.33 Å². The van der Waals surface area contributed by atoms with Crippen LogP contribution in [0.2, 0.25) is 0 Å². The van der Waals surface area contributed by atoms with E-state index in [9.17, 15) is 4.79 Å². The number of hydrogen-bond acceptors (Lipinski definition) is 5. The largest absolute Gasteiger partial charge is 0.486 e. The van der Waals surface area contributed by atoms with E-state index in [-0.39, 0.29) is 11.9 Å². The predicted octanol–water partition coefficient (Wildman–Crippen LogP) is 2.19. The number of benzene rings is 1. The molecule has 132 valence electrons. The molecule has 0 saturated carbocycles. The minimum absolute atomic E-state index is 0.134. The molecule has 25 heavy (non-hydrogen) atoms. The standard InChI is InChI=1S/C18H22N4O3/c23-18(4-2-7-21-13-19-12-20-21)22-8-1-3-15(22)14-5-6-16-17(11-14)25-10-9-24-16/h5-6,11-13,15H,1-4,7-10H2/t15-/m0/s1. The molecule has 1 fully saturated rings. The zero-order chi connectivity index (χ0) is 17.1. The van der Waals surface area contributed by atoms with Crippen molar-refractivity contribution in [3.05, 3.63) is 36.4 Å². The first-order valence-electron chi connectivity index (χ1n) is 8.83. The summed E-state index contributed by atoms with van der Waals surface area (Å²) in [5.74, 6) is 1.78. The number of nitrogens with zero attached hydrogens (tertiary/aromatic N) is 4. The molecule has 0 aliphatic carbocycles. The van der Waals surface area contributed by atoms with Gasteiger partial charge < -0.3 is 14.4 Å². The molecule has 1 aromatic carbocycles. The van der Waals surface area contributed by atoms with Gasteiger partial charge in [-0.3, -0.25) is 9.48 Å². The first-order valence-corrected chi connectivity index (χ1v) is 8.83. The normalized spacial score (nSPS) is 19.2. The third kappa shape index (κ3) is 3.45. The van der Waals surface area contributed by atoms with E-state index in [1.807, 2.05) is 17.0 Å². The van der Waals surface area contributed by atoms with Gasteiger partial charge in [0, 0.05) is 19.5 Å². The van der Waals surface area contributed by atoms with Crippen molar-refractivity contribution in [3.8, 4) is 11.5 Å². The monoisotopic (exact) mass is 342 g/mol. The van der Waals surface area contributed by atoms with Gasteiger partial charge in [0.25, 0.3) is 0 Å². The van der Waals surface area contributed by atoms with Crippen molar-refractivity contribution in [3.63, 3.8) is 0 Å². The molecule has 1 saturated heterocycles. The molecule has 2 aliphatic rings. The number of aryl methyl sites for hydroxylation is 1. The molecule has 2 aromatic rings. The fourth-order valence-electron chi connectivity index (χ4n) is 3.56. The van der Waals surface area contributed by atoms with E-state index in [0.29, 0.717) is 26.2 Å². The summed E-state index contributed by atoms with van der Waals surface area (Å²) in [6.07, 6.45) is 6.52. The first kappa shape index (κ1) is 15.9. The van der Waals surface area contributed by atoms with Gasteiger partial charge in [0.2, 0.25) is 5.91 Å². The second-order valence-corrected chi connectivity index (χ2v) is 6.41. The molecule has 0 unspecified atom stereocenters. The number of carbonyl (C=O) groups excluding carboxylic acids is 1. The Morgan fingerprint density at radius 2 is 2.12 bits per heavy atom. The summed E-state index contributed by atoms with van der Waals surface area (Å²) in [7, 11) is 0. The van der Waals surface area contributed by atoms with Crippen LogP contribution in [0.25, 0.3) is 0 Å². The highest BCUT2D eigenvalue weighted by atomic mass is 16.6. The van der Waals surface area contributed by atoms with Crippen LogP contribution >= 0.6 is 0 Å². The molecule has 4 rings (SSSR count). The molecule has 0 spiro atoms. The van der Waals surface area contributed by atoms with Crippen LogP contribution in [0.1, 0.15) is 37.3 Å². The van der Waals surface area contributed by atoms with Crippen LogP contribution in [0.15, 0.2) is 30.9 Å². The summed E-state index contributed by atoms with van der Waals surface area (Å²) in [5, 5.41) is 4.07. The molecule has 2 aliphatic heterocycles. The van der Waals surface area contributed by atoms with Gasteiger partial charge >= 0.3 is 0 Å². The van der Waals surface area contributed by atoms with Crippen molar-refractivity contribution in [2.24, 2.45) is 0 Å². The Labute approximate surface area is 146 Å². The van der Waals surface area contributed by atoms with E-state index < -0.39 is 0 Å². The Morgan fingerprint density at radius 1 is 1.24 bits per heavy atom. The molecule has 1 amide bonds. The second kappa shape index (κ2) is 7.13. The smallest absolute Gasteiger partial charge is 0.223 e. The summed E-state index contributed by atoms with van der Waals surface area (Å²) in [5.41, 5.74) is 1.13. The van der Waals surface area contributed by atoms with Crippen LogP contribution in [0.3, 0.4) is 0 Å². The number of aromatic nitrogens is 3. The van der Waals surface area contributed by atoms with Crippen molar-refractivity contribution in [1.82, 2.24) is 19.7 Å². The fraction of sp³-hybridized carbons (Fsp3) is 0.500. The second-order valence-electron chi connectivity index (χ2n) is 6.41. The lowest BCUT2D eigenvalue weighted by molar-refractivity contribution is -0.132. The number of likely N-dealkylation sites (tertiary alicyclic amines) is 1. The van der Waals surface area contributed by atoms with Crippen LogP contribution in [-0.4, -0.2) is 45.3 Å². The van der Waals surface area contributed by atoms with Crippen LogP contribution in [0.5, 0.6) is 11.5 Å². The topological polar surface area (TPSA) is 69.5 Å². The van der Waals surface area contributed by atoms with Gasteiger partial charge in [0.15, 0.2) is 11.5 Å². The Morgan fingerprint density at radius 3 is 2.96 bits per heavy atom. The highest BCUT2D eigenvalue weighted by Crippen LogP contribution is 2.38. The highest BCUT2D eigenvalue weighted by molar-refractivity contribution is 5.77. The molecule has 0 bridgehead atoms. The summed E-state index contributed by atoms with van der Waals surface area (Å²) >= 11 is 0. The number of carbonyl (C=O) groups is 1. The van der Waals surface area contributed by atoms with Crippen LogP contribution in [0.4, 0.5) is 0 Å². The summed E-state index contributed by atoms with van der Waals surface area (Å²) in [4.78, 5) is 18.6. The van der Waals surface area contributed by atoms with Crippen LogP contribution in [0, 0.1) is 0 Å². The maximum atomic E-state index is 12.7.